The third-order valence-corrected chi connectivity index (χ3v) is 4.84. The molecule has 0 spiro atoms. The summed E-state index contributed by atoms with van der Waals surface area (Å²) in [6, 6.07) is 0.832. The van der Waals surface area contributed by atoms with E-state index in [0.717, 1.165) is 38.5 Å². The molecular weight excluding hydrogens is 268 g/mol. The molecule has 2 saturated heterocycles. The minimum Gasteiger partial charge on any atom is -0.466 e. The van der Waals surface area contributed by atoms with E-state index < -0.39 is 0 Å². The largest absolute Gasteiger partial charge is 0.466 e. The topological polar surface area (TPSA) is 81.4 Å². The first kappa shape index (κ1) is 16.3. The zero-order chi connectivity index (χ0) is 15.2. The predicted molar refractivity (Wildman–Crippen MR) is 80.5 cm³/mol. The molecule has 1 amide bonds. The Bertz CT molecular complexity index is 357. The van der Waals surface area contributed by atoms with Crippen molar-refractivity contribution in [3.05, 3.63) is 0 Å². The van der Waals surface area contributed by atoms with Crippen molar-refractivity contribution >= 4 is 11.9 Å². The lowest BCUT2D eigenvalue weighted by molar-refractivity contribution is -0.149. The summed E-state index contributed by atoms with van der Waals surface area (Å²) >= 11 is 0. The van der Waals surface area contributed by atoms with Gasteiger partial charge in [0.25, 0.3) is 0 Å². The van der Waals surface area contributed by atoms with Gasteiger partial charge in [-0.3, -0.25) is 9.59 Å². The number of esters is 1. The highest BCUT2D eigenvalue weighted by atomic mass is 16.5. The van der Waals surface area contributed by atoms with Crippen LogP contribution in [0.2, 0.25) is 0 Å². The molecule has 2 aliphatic heterocycles. The lowest BCUT2D eigenvalue weighted by atomic mass is 9.81. The molecule has 3 N–H and O–H groups in total. The smallest absolute Gasteiger partial charge is 0.308 e. The van der Waals surface area contributed by atoms with Gasteiger partial charge in [-0.25, -0.2) is 0 Å². The molecule has 0 radical (unpaired) electrons. The van der Waals surface area contributed by atoms with Gasteiger partial charge in [0.2, 0.25) is 5.91 Å². The average Bonchev–Trinajstić information content (AvgIpc) is 2.50. The summed E-state index contributed by atoms with van der Waals surface area (Å²) in [6.07, 6.45) is 8.44. The molecule has 0 atom stereocenters. The van der Waals surface area contributed by atoms with Crippen LogP contribution in [0.5, 0.6) is 0 Å². The molecule has 120 valence electrons. The zero-order valence-corrected chi connectivity index (χ0v) is 13.0. The molecule has 2 heterocycles. The molecule has 5 heteroatoms. The van der Waals surface area contributed by atoms with Gasteiger partial charge in [-0.15, -0.1) is 0 Å². The van der Waals surface area contributed by atoms with Crippen LogP contribution in [0.1, 0.15) is 58.3 Å². The molecule has 0 aromatic rings. The van der Waals surface area contributed by atoms with Crippen molar-refractivity contribution in [3.63, 3.8) is 0 Å². The molecule has 0 aromatic heterocycles. The van der Waals surface area contributed by atoms with Crippen molar-refractivity contribution in [2.75, 3.05) is 6.61 Å². The third-order valence-electron chi connectivity index (χ3n) is 4.84. The summed E-state index contributed by atoms with van der Waals surface area (Å²) in [5.74, 6) is 0.752. The normalized spacial score (nSPS) is 34.5. The molecule has 2 aliphatic carbocycles. The van der Waals surface area contributed by atoms with Crippen LogP contribution < -0.4 is 11.1 Å². The number of nitrogens with two attached hydrogens (primary N) is 1. The van der Waals surface area contributed by atoms with Crippen LogP contribution in [0.3, 0.4) is 0 Å². The fourth-order valence-corrected chi connectivity index (χ4v) is 3.43. The second-order valence-electron chi connectivity index (χ2n) is 6.42. The SMILES string of the molecule is CCOC(=O)C1CCC(N)CC1.O=C1NC2CCC1CC2. The minimum atomic E-state index is -0.0376. The number of nitrogens with one attached hydrogen (secondary N) is 1. The lowest BCUT2D eigenvalue weighted by Crippen LogP contribution is -2.48. The maximum atomic E-state index is 11.2. The van der Waals surface area contributed by atoms with E-state index in [2.05, 4.69) is 5.32 Å². The van der Waals surface area contributed by atoms with Gasteiger partial charge in [-0.2, -0.15) is 0 Å². The average molecular weight is 296 g/mol. The second kappa shape index (κ2) is 7.78. The maximum absolute atomic E-state index is 11.2. The van der Waals surface area contributed by atoms with E-state index in [-0.39, 0.29) is 11.9 Å². The number of carbonyl (C=O) groups excluding carboxylic acids is 2. The van der Waals surface area contributed by atoms with Gasteiger partial charge < -0.3 is 15.8 Å². The molecule has 21 heavy (non-hydrogen) atoms. The summed E-state index contributed by atoms with van der Waals surface area (Å²) in [6.45, 7) is 2.33. The molecular formula is C16H28N2O3. The zero-order valence-electron chi connectivity index (χ0n) is 13.0. The first-order chi connectivity index (χ1) is 10.1. The first-order valence-electron chi connectivity index (χ1n) is 8.32. The van der Waals surface area contributed by atoms with Gasteiger partial charge >= 0.3 is 5.97 Å². The van der Waals surface area contributed by atoms with Crippen LogP contribution in [-0.2, 0) is 14.3 Å². The van der Waals surface area contributed by atoms with Crippen molar-refractivity contribution in [2.45, 2.75) is 70.4 Å². The van der Waals surface area contributed by atoms with E-state index in [0.29, 0.717) is 30.5 Å². The van der Waals surface area contributed by atoms with Crippen molar-refractivity contribution in [2.24, 2.45) is 17.6 Å². The van der Waals surface area contributed by atoms with Crippen molar-refractivity contribution in [3.8, 4) is 0 Å². The van der Waals surface area contributed by atoms with E-state index in [9.17, 15) is 9.59 Å². The number of hydrogen-bond donors (Lipinski definition) is 2. The Hall–Kier alpha value is -1.10. The predicted octanol–water partition coefficient (Wildman–Crippen LogP) is 1.74. The fourth-order valence-electron chi connectivity index (χ4n) is 3.43. The fraction of sp³-hybridized carbons (Fsp3) is 0.875. The van der Waals surface area contributed by atoms with E-state index in [1.54, 1.807) is 0 Å². The highest BCUT2D eigenvalue weighted by Gasteiger charge is 2.33. The Balaban J connectivity index is 0.000000159. The molecule has 4 aliphatic rings. The van der Waals surface area contributed by atoms with Gasteiger partial charge in [-0.05, 0) is 58.3 Å². The first-order valence-corrected chi connectivity index (χ1v) is 8.32. The quantitative estimate of drug-likeness (QED) is 0.761. The van der Waals surface area contributed by atoms with Crippen LogP contribution in [-0.4, -0.2) is 30.6 Å². The monoisotopic (exact) mass is 296 g/mol. The molecule has 4 fully saturated rings. The molecule has 0 unspecified atom stereocenters. The molecule has 5 nitrogen and oxygen atoms in total. The summed E-state index contributed by atoms with van der Waals surface area (Å²) in [5, 5.41) is 2.98. The van der Waals surface area contributed by atoms with Crippen molar-refractivity contribution in [1.29, 1.82) is 0 Å². The Kier molecular flexibility index (Phi) is 6.03. The standard InChI is InChI=1S/C9H17NO2.C7H11NO/c1-2-12-9(11)7-3-5-8(10)6-4-7;9-7-5-1-3-6(8-7)4-2-5/h7-8H,2-6,10H2,1H3;5-6H,1-4H2,(H,8,9). The summed E-state index contributed by atoms with van der Waals surface area (Å²) in [4.78, 5) is 22.2. The number of fused-ring (bicyclic) bond motifs is 3. The Labute approximate surface area is 127 Å². The highest BCUT2D eigenvalue weighted by Crippen LogP contribution is 2.29. The number of hydrogen-bond acceptors (Lipinski definition) is 4. The lowest BCUT2D eigenvalue weighted by Gasteiger charge is -2.35. The van der Waals surface area contributed by atoms with E-state index in [1.807, 2.05) is 6.92 Å². The molecule has 0 aromatic carbocycles. The summed E-state index contributed by atoms with van der Waals surface area (Å²) in [7, 11) is 0. The second-order valence-corrected chi connectivity index (χ2v) is 6.42. The molecule has 2 bridgehead atoms. The molecule has 2 saturated carbocycles. The van der Waals surface area contributed by atoms with Crippen LogP contribution >= 0.6 is 0 Å². The van der Waals surface area contributed by atoms with Crippen LogP contribution in [0.25, 0.3) is 0 Å². The van der Waals surface area contributed by atoms with Crippen LogP contribution in [0.15, 0.2) is 0 Å². The van der Waals surface area contributed by atoms with Crippen molar-refractivity contribution < 1.29 is 14.3 Å². The number of carbonyl (C=O) groups is 2. The van der Waals surface area contributed by atoms with Gasteiger partial charge in [0.1, 0.15) is 0 Å². The minimum absolute atomic E-state index is 0.0376. The van der Waals surface area contributed by atoms with Gasteiger partial charge in [0.05, 0.1) is 12.5 Å². The molecule has 4 rings (SSSR count). The third kappa shape index (κ3) is 4.70. The summed E-state index contributed by atoms with van der Waals surface area (Å²) < 4.78 is 4.94. The summed E-state index contributed by atoms with van der Waals surface area (Å²) in [5.41, 5.74) is 5.72. The van der Waals surface area contributed by atoms with Crippen molar-refractivity contribution in [1.82, 2.24) is 5.32 Å². The number of amides is 1. The van der Waals surface area contributed by atoms with E-state index >= 15 is 0 Å². The highest BCUT2D eigenvalue weighted by molar-refractivity contribution is 5.80. The van der Waals surface area contributed by atoms with E-state index in [4.69, 9.17) is 10.5 Å². The van der Waals surface area contributed by atoms with Gasteiger partial charge in [0.15, 0.2) is 0 Å². The maximum Gasteiger partial charge on any atom is 0.308 e. The van der Waals surface area contributed by atoms with Gasteiger partial charge in [-0.1, -0.05) is 0 Å². The van der Waals surface area contributed by atoms with E-state index in [1.165, 1.54) is 12.8 Å². The van der Waals surface area contributed by atoms with Crippen LogP contribution in [0, 0.1) is 11.8 Å². The Morgan fingerprint density at radius 1 is 1.14 bits per heavy atom. The Morgan fingerprint density at radius 2 is 1.76 bits per heavy atom. The van der Waals surface area contributed by atoms with Gasteiger partial charge in [0, 0.05) is 18.0 Å². The number of ether oxygens (including phenoxy) is 1. The number of rotatable bonds is 2. The Morgan fingerprint density at radius 3 is 2.14 bits per heavy atom. The number of piperidine rings is 2. The van der Waals surface area contributed by atoms with Crippen LogP contribution in [0.4, 0.5) is 0 Å².